The number of aliphatic hydroxyl groups is 2. The lowest BCUT2D eigenvalue weighted by molar-refractivity contribution is -0.216. The molecule has 4 saturated carbocycles. The lowest BCUT2D eigenvalue weighted by atomic mass is 9.43. The Bertz CT molecular complexity index is 731. The molecule has 0 bridgehead atoms. The summed E-state index contributed by atoms with van der Waals surface area (Å²) in [4.78, 5) is 0. The molecule has 0 radical (unpaired) electrons. The molecule has 0 aromatic rings. The van der Waals surface area contributed by atoms with Gasteiger partial charge in [0.25, 0.3) is 0 Å². The molecule has 4 aliphatic carbocycles. The zero-order valence-electron chi connectivity index (χ0n) is 21.8. The Hall–Kier alpha value is -0.260. The third-order valence-corrected chi connectivity index (χ3v) is 12.4. The summed E-state index contributed by atoms with van der Waals surface area (Å²) in [6.07, 6.45) is 11.9. The maximum atomic E-state index is 12.1. The van der Waals surface area contributed by atoms with Crippen molar-refractivity contribution in [1.29, 1.82) is 5.41 Å². The molecule has 0 aliphatic heterocycles. The van der Waals surface area contributed by atoms with Crippen molar-refractivity contribution in [3.63, 3.8) is 0 Å². The number of hydrogen-bond acceptors (Lipinski definition) is 4. The van der Waals surface area contributed by atoms with Gasteiger partial charge in [-0.05, 0) is 85.9 Å². The van der Waals surface area contributed by atoms with E-state index < -0.39 is 11.7 Å². The highest BCUT2D eigenvalue weighted by Gasteiger charge is 2.67. The Morgan fingerprint density at radius 3 is 2.45 bits per heavy atom. The Balaban J connectivity index is 1.58. The van der Waals surface area contributed by atoms with Crippen molar-refractivity contribution < 1.29 is 10.2 Å². The molecule has 4 nitrogen and oxygen atoms in total. The summed E-state index contributed by atoms with van der Waals surface area (Å²) >= 11 is 1.37. The smallest absolute Gasteiger partial charge is 0.151 e. The van der Waals surface area contributed by atoms with E-state index in [1.165, 1.54) is 56.7 Å². The normalized spacial score (nSPS) is 48.1. The zero-order chi connectivity index (χ0) is 24.2. The highest BCUT2D eigenvalue weighted by Crippen LogP contribution is 2.70. The number of nitrogens with two attached hydrogens (primary N) is 1. The molecule has 0 aromatic heterocycles. The van der Waals surface area contributed by atoms with E-state index in [4.69, 9.17) is 11.1 Å². The van der Waals surface area contributed by atoms with Gasteiger partial charge in [0.1, 0.15) is 0 Å². The van der Waals surface area contributed by atoms with Crippen molar-refractivity contribution in [2.75, 3.05) is 0 Å². The summed E-state index contributed by atoms with van der Waals surface area (Å²) in [5.74, 6) is 4.25. The van der Waals surface area contributed by atoms with Crippen LogP contribution in [-0.2, 0) is 0 Å². The van der Waals surface area contributed by atoms with Crippen LogP contribution in [0.5, 0.6) is 0 Å². The average molecular weight is 479 g/mol. The first-order chi connectivity index (χ1) is 15.4. The van der Waals surface area contributed by atoms with Crippen LogP contribution in [0.15, 0.2) is 0 Å². The minimum Gasteiger partial charge on any atom is -0.393 e. The summed E-state index contributed by atoms with van der Waals surface area (Å²) in [5.41, 5.74) is 5.17. The van der Waals surface area contributed by atoms with Gasteiger partial charge in [-0.25, -0.2) is 0 Å². The van der Waals surface area contributed by atoms with Crippen LogP contribution in [-0.4, -0.2) is 32.3 Å². The maximum absolute atomic E-state index is 12.1. The minimum atomic E-state index is -0.932. The summed E-state index contributed by atoms with van der Waals surface area (Å²) in [7, 11) is 0. The standard InChI is InChI=1S/C28H50N2O2S/c1-17(2)7-6-8-18(3)21-9-10-22-20-15-24(33-25(29)30)28(32)16-19(31)11-14-27(28,5)23(20)12-13-26(21,22)4/h17-24,31-32H,6-16H2,1-5H3,(H3,29,30). The third-order valence-electron chi connectivity index (χ3n) is 11.3. The van der Waals surface area contributed by atoms with Gasteiger partial charge in [0.05, 0.1) is 11.7 Å². The molecule has 10 unspecified atom stereocenters. The second kappa shape index (κ2) is 9.32. The molecular weight excluding hydrogens is 428 g/mol. The molecular formula is C28H50N2O2S. The van der Waals surface area contributed by atoms with E-state index in [-0.39, 0.29) is 15.8 Å². The van der Waals surface area contributed by atoms with Crippen molar-refractivity contribution in [3.8, 4) is 0 Å². The fraction of sp³-hybridized carbons (Fsp3) is 0.964. The molecule has 0 saturated heterocycles. The molecule has 4 fully saturated rings. The van der Waals surface area contributed by atoms with Crippen LogP contribution in [0, 0.1) is 51.7 Å². The molecule has 5 N–H and O–H groups in total. The molecule has 190 valence electrons. The number of thioether (sulfide) groups is 1. The first kappa shape index (κ1) is 25.8. The predicted octanol–water partition coefficient (Wildman–Crippen LogP) is 6.19. The number of fused-ring (bicyclic) bond motifs is 5. The lowest BCUT2D eigenvalue weighted by Gasteiger charge is -2.66. The van der Waals surface area contributed by atoms with Gasteiger partial charge in [0, 0.05) is 17.1 Å². The van der Waals surface area contributed by atoms with E-state index >= 15 is 0 Å². The van der Waals surface area contributed by atoms with Gasteiger partial charge < -0.3 is 15.9 Å². The number of aliphatic hydroxyl groups excluding tert-OH is 1. The monoisotopic (exact) mass is 478 g/mol. The van der Waals surface area contributed by atoms with E-state index in [1.807, 2.05) is 0 Å². The largest absolute Gasteiger partial charge is 0.393 e. The van der Waals surface area contributed by atoms with Crippen molar-refractivity contribution in [3.05, 3.63) is 0 Å². The molecule has 0 amide bonds. The van der Waals surface area contributed by atoms with Crippen LogP contribution >= 0.6 is 11.8 Å². The maximum Gasteiger partial charge on any atom is 0.151 e. The number of nitrogens with one attached hydrogen (secondary N) is 1. The van der Waals surface area contributed by atoms with Gasteiger partial charge in [-0.2, -0.15) is 0 Å². The summed E-state index contributed by atoms with van der Waals surface area (Å²) in [6.45, 7) is 12.1. The van der Waals surface area contributed by atoms with Gasteiger partial charge in [-0.15, -0.1) is 0 Å². The Labute approximate surface area is 206 Å². The highest BCUT2D eigenvalue weighted by molar-refractivity contribution is 8.14. The Kier molecular flexibility index (Phi) is 7.29. The van der Waals surface area contributed by atoms with Crippen LogP contribution in [0.1, 0.15) is 105 Å². The van der Waals surface area contributed by atoms with Crippen molar-refractivity contribution in [2.45, 2.75) is 122 Å². The fourth-order valence-electron chi connectivity index (χ4n) is 9.56. The predicted molar refractivity (Wildman–Crippen MR) is 139 cm³/mol. The van der Waals surface area contributed by atoms with E-state index in [1.54, 1.807) is 0 Å². The zero-order valence-corrected chi connectivity index (χ0v) is 22.6. The van der Waals surface area contributed by atoms with E-state index in [0.29, 0.717) is 23.7 Å². The van der Waals surface area contributed by atoms with Gasteiger partial charge in [0.2, 0.25) is 0 Å². The highest BCUT2D eigenvalue weighted by atomic mass is 32.2. The van der Waals surface area contributed by atoms with Gasteiger partial charge in [-0.3, -0.25) is 5.41 Å². The number of rotatable bonds is 6. The first-order valence-electron chi connectivity index (χ1n) is 13.8. The lowest BCUT2D eigenvalue weighted by Crippen LogP contribution is -2.68. The van der Waals surface area contributed by atoms with Gasteiger partial charge in [-0.1, -0.05) is 65.6 Å². The van der Waals surface area contributed by atoms with Crippen molar-refractivity contribution in [1.82, 2.24) is 0 Å². The van der Waals surface area contributed by atoms with E-state index in [2.05, 4.69) is 34.6 Å². The average Bonchev–Trinajstić information content (AvgIpc) is 3.07. The van der Waals surface area contributed by atoms with Crippen LogP contribution in [0.25, 0.3) is 0 Å². The van der Waals surface area contributed by atoms with Crippen molar-refractivity contribution in [2.24, 2.45) is 52.1 Å². The van der Waals surface area contributed by atoms with E-state index in [9.17, 15) is 10.2 Å². The molecule has 10 atom stereocenters. The minimum absolute atomic E-state index is 0.0823. The topological polar surface area (TPSA) is 90.3 Å². The SMILES string of the molecule is CC(C)CCCC(C)C1CCC2C3CC(SC(=N)N)C4(O)CC(O)CCC4(C)C3CCC12C. The number of hydrogen-bond donors (Lipinski definition) is 4. The first-order valence-corrected chi connectivity index (χ1v) is 14.7. The number of amidine groups is 1. The Morgan fingerprint density at radius 1 is 1.06 bits per heavy atom. The summed E-state index contributed by atoms with van der Waals surface area (Å²) in [5, 5.41) is 30.7. The van der Waals surface area contributed by atoms with Gasteiger partial charge in [0.15, 0.2) is 5.17 Å². The molecule has 5 heteroatoms. The second-order valence-electron chi connectivity index (χ2n) is 13.4. The molecule has 0 spiro atoms. The Morgan fingerprint density at radius 2 is 1.79 bits per heavy atom. The summed E-state index contributed by atoms with van der Waals surface area (Å²) < 4.78 is 0. The fourth-order valence-corrected chi connectivity index (χ4v) is 10.7. The van der Waals surface area contributed by atoms with Crippen LogP contribution in [0.4, 0.5) is 0 Å². The van der Waals surface area contributed by atoms with Crippen LogP contribution in [0.3, 0.4) is 0 Å². The molecule has 4 aliphatic rings. The molecule has 0 heterocycles. The molecule has 33 heavy (non-hydrogen) atoms. The quantitative estimate of drug-likeness (QED) is 0.271. The van der Waals surface area contributed by atoms with Gasteiger partial charge >= 0.3 is 0 Å². The molecule has 0 aromatic carbocycles. The van der Waals surface area contributed by atoms with E-state index in [0.717, 1.165) is 42.9 Å². The van der Waals surface area contributed by atoms with Crippen LogP contribution in [0.2, 0.25) is 0 Å². The van der Waals surface area contributed by atoms with Crippen LogP contribution < -0.4 is 5.73 Å². The van der Waals surface area contributed by atoms with Crippen molar-refractivity contribution >= 4 is 16.9 Å². The third kappa shape index (κ3) is 4.31. The summed E-state index contributed by atoms with van der Waals surface area (Å²) in [6, 6.07) is 0. The second-order valence-corrected chi connectivity index (χ2v) is 14.6. The molecule has 4 rings (SSSR count).